The van der Waals surface area contributed by atoms with Gasteiger partial charge in [0.1, 0.15) is 18.1 Å². The lowest BCUT2D eigenvalue weighted by Gasteiger charge is -2.30. The largest absolute Gasteiger partial charge is 0.476 e. The number of halogens is 1. The maximum Gasteiger partial charge on any atom is 0.339 e. The van der Waals surface area contributed by atoms with Crippen molar-refractivity contribution >= 4 is 22.6 Å². The zero-order valence-electron chi connectivity index (χ0n) is 14.8. The topological polar surface area (TPSA) is 55.6 Å². The number of aryl methyl sites for hydroxylation is 1. The Hall–Kier alpha value is -2.37. The number of hydrogen-bond acceptors (Lipinski definition) is 5. The summed E-state index contributed by atoms with van der Waals surface area (Å²) < 4.78 is 11.7. The highest BCUT2D eigenvalue weighted by atomic mass is 35.5. The average Bonchev–Trinajstić information content (AvgIpc) is 2.70. The number of benzene rings is 1. The molecule has 2 aliphatic rings. The Balaban J connectivity index is 1.61. The Morgan fingerprint density at radius 2 is 1.89 bits per heavy atom. The molecule has 1 aliphatic heterocycles. The molecule has 3 heterocycles. The van der Waals surface area contributed by atoms with Gasteiger partial charge in [-0.05, 0) is 55.0 Å². The molecule has 0 fully saturated rings. The van der Waals surface area contributed by atoms with Crippen LogP contribution < -0.4 is 10.4 Å². The summed E-state index contributed by atoms with van der Waals surface area (Å²) in [6, 6.07) is 5.88. The van der Waals surface area contributed by atoms with Gasteiger partial charge in [-0.1, -0.05) is 11.6 Å². The van der Waals surface area contributed by atoms with E-state index in [1.807, 2.05) is 18.2 Å². The number of ether oxygens (including phenoxy) is 1. The number of fused-ring (bicyclic) bond motifs is 5. The van der Waals surface area contributed by atoms with Crippen molar-refractivity contribution in [2.75, 3.05) is 6.73 Å². The molecule has 138 valence electrons. The Labute approximate surface area is 161 Å². The van der Waals surface area contributed by atoms with Crippen molar-refractivity contribution in [3.63, 3.8) is 0 Å². The zero-order chi connectivity index (χ0) is 18.4. The van der Waals surface area contributed by atoms with Crippen LogP contribution in [-0.4, -0.2) is 16.6 Å². The van der Waals surface area contributed by atoms with Crippen molar-refractivity contribution in [2.45, 2.75) is 38.8 Å². The Morgan fingerprint density at radius 1 is 1.11 bits per heavy atom. The third kappa shape index (κ3) is 2.91. The summed E-state index contributed by atoms with van der Waals surface area (Å²) in [4.78, 5) is 18.8. The van der Waals surface area contributed by atoms with Gasteiger partial charge in [0.15, 0.2) is 0 Å². The van der Waals surface area contributed by atoms with E-state index in [9.17, 15) is 4.79 Å². The first-order chi connectivity index (χ1) is 13.2. The standard InChI is InChI=1S/C21H19ClN2O3/c22-18-9-16-14-3-1-2-4-15(14)21(25)27-19(16)17-11-24(12-26-20(17)18)10-13-5-7-23-8-6-13/h5-9H,1-4,10-12H2. The van der Waals surface area contributed by atoms with Crippen LogP contribution in [0.5, 0.6) is 5.75 Å². The molecule has 5 nitrogen and oxygen atoms in total. The summed E-state index contributed by atoms with van der Waals surface area (Å²) in [5, 5.41) is 1.55. The number of rotatable bonds is 2. The minimum Gasteiger partial charge on any atom is -0.476 e. The summed E-state index contributed by atoms with van der Waals surface area (Å²) >= 11 is 6.54. The number of aromatic nitrogens is 1. The molecule has 5 rings (SSSR count). The van der Waals surface area contributed by atoms with Crippen molar-refractivity contribution in [3.05, 3.63) is 68.3 Å². The molecule has 0 radical (unpaired) electrons. The SMILES string of the molecule is O=c1oc2c3c(c(Cl)cc2c2c1CCCC2)OCN(Cc1ccncc1)C3. The van der Waals surface area contributed by atoms with Crippen LogP contribution in [0.15, 0.2) is 39.8 Å². The fourth-order valence-electron chi connectivity index (χ4n) is 4.16. The first kappa shape index (κ1) is 16.8. The van der Waals surface area contributed by atoms with E-state index < -0.39 is 0 Å². The van der Waals surface area contributed by atoms with Crippen molar-refractivity contribution < 1.29 is 9.15 Å². The fourth-order valence-corrected chi connectivity index (χ4v) is 4.44. The lowest BCUT2D eigenvalue weighted by atomic mass is 9.90. The second-order valence-electron chi connectivity index (χ2n) is 7.21. The van der Waals surface area contributed by atoms with Crippen LogP contribution in [0.1, 0.15) is 35.1 Å². The predicted octanol–water partition coefficient (Wildman–Crippen LogP) is 4.07. The molecule has 1 aliphatic carbocycles. The summed E-state index contributed by atoms with van der Waals surface area (Å²) in [7, 11) is 0. The smallest absolute Gasteiger partial charge is 0.339 e. The third-order valence-electron chi connectivity index (χ3n) is 5.44. The van der Waals surface area contributed by atoms with Gasteiger partial charge in [-0.2, -0.15) is 0 Å². The highest BCUT2D eigenvalue weighted by Gasteiger charge is 2.27. The molecule has 0 saturated heterocycles. The van der Waals surface area contributed by atoms with Crippen LogP contribution in [0, 0.1) is 0 Å². The molecule has 1 aromatic carbocycles. The highest BCUT2D eigenvalue weighted by Crippen LogP contribution is 2.41. The average molecular weight is 383 g/mol. The van der Waals surface area contributed by atoms with Gasteiger partial charge in [-0.15, -0.1) is 0 Å². The van der Waals surface area contributed by atoms with Crippen molar-refractivity contribution in [1.29, 1.82) is 0 Å². The Kier molecular flexibility index (Phi) is 4.14. The van der Waals surface area contributed by atoms with Gasteiger partial charge < -0.3 is 9.15 Å². The quantitative estimate of drug-likeness (QED) is 0.625. The van der Waals surface area contributed by atoms with Crippen LogP contribution in [0.2, 0.25) is 5.02 Å². The maximum absolute atomic E-state index is 12.6. The van der Waals surface area contributed by atoms with E-state index in [1.54, 1.807) is 12.4 Å². The molecule has 0 saturated carbocycles. The number of hydrogen-bond donors (Lipinski definition) is 0. The van der Waals surface area contributed by atoms with E-state index in [0.29, 0.717) is 29.6 Å². The van der Waals surface area contributed by atoms with Gasteiger partial charge in [0, 0.05) is 36.4 Å². The summed E-state index contributed by atoms with van der Waals surface area (Å²) in [6.07, 6.45) is 7.37. The van der Waals surface area contributed by atoms with Crippen LogP contribution >= 0.6 is 11.6 Å². The monoisotopic (exact) mass is 382 g/mol. The second-order valence-corrected chi connectivity index (χ2v) is 7.62. The summed E-state index contributed by atoms with van der Waals surface area (Å²) in [5.41, 5.74) is 4.34. The first-order valence-electron chi connectivity index (χ1n) is 9.24. The molecule has 0 unspecified atom stereocenters. The zero-order valence-corrected chi connectivity index (χ0v) is 15.6. The molecule has 2 aromatic heterocycles. The molecular weight excluding hydrogens is 364 g/mol. The highest BCUT2D eigenvalue weighted by molar-refractivity contribution is 6.33. The predicted molar refractivity (Wildman–Crippen MR) is 103 cm³/mol. The minimum absolute atomic E-state index is 0.215. The summed E-state index contributed by atoms with van der Waals surface area (Å²) in [5.74, 6) is 0.633. The molecule has 0 bridgehead atoms. The Morgan fingerprint density at radius 3 is 2.70 bits per heavy atom. The molecule has 6 heteroatoms. The molecule has 0 N–H and O–H groups in total. The number of nitrogens with zero attached hydrogens (tertiary/aromatic N) is 2. The molecule has 0 amide bonds. The normalized spacial score (nSPS) is 16.6. The lowest BCUT2D eigenvalue weighted by molar-refractivity contribution is 0.0890. The van der Waals surface area contributed by atoms with Gasteiger partial charge in [0.2, 0.25) is 0 Å². The van der Waals surface area contributed by atoms with Crippen molar-refractivity contribution in [3.8, 4) is 5.75 Å². The molecular formula is C21H19ClN2O3. The van der Waals surface area contributed by atoms with Crippen LogP contribution in [-0.2, 0) is 25.9 Å². The van der Waals surface area contributed by atoms with Crippen molar-refractivity contribution in [1.82, 2.24) is 9.88 Å². The molecule has 3 aromatic rings. The first-order valence-corrected chi connectivity index (χ1v) is 9.62. The van der Waals surface area contributed by atoms with E-state index in [4.69, 9.17) is 20.8 Å². The number of pyridine rings is 1. The van der Waals surface area contributed by atoms with Gasteiger partial charge in [0.05, 0.1) is 10.6 Å². The van der Waals surface area contributed by atoms with Crippen LogP contribution in [0.3, 0.4) is 0 Å². The minimum atomic E-state index is -0.215. The fraction of sp³-hybridized carbons (Fsp3) is 0.333. The van der Waals surface area contributed by atoms with E-state index in [2.05, 4.69) is 9.88 Å². The summed E-state index contributed by atoms with van der Waals surface area (Å²) in [6.45, 7) is 1.79. The maximum atomic E-state index is 12.6. The van der Waals surface area contributed by atoms with Crippen LogP contribution in [0.4, 0.5) is 0 Å². The van der Waals surface area contributed by atoms with Gasteiger partial charge >= 0.3 is 5.63 Å². The third-order valence-corrected chi connectivity index (χ3v) is 5.72. The second kappa shape index (κ2) is 6.66. The van der Waals surface area contributed by atoms with Crippen molar-refractivity contribution in [2.24, 2.45) is 0 Å². The Bertz CT molecular complexity index is 1080. The van der Waals surface area contributed by atoms with Gasteiger partial charge in [0.25, 0.3) is 0 Å². The van der Waals surface area contributed by atoms with E-state index in [-0.39, 0.29) is 5.63 Å². The van der Waals surface area contributed by atoms with E-state index in [1.165, 1.54) is 0 Å². The molecule has 27 heavy (non-hydrogen) atoms. The van der Waals surface area contributed by atoms with Crippen LogP contribution in [0.25, 0.3) is 11.0 Å². The molecule has 0 spiro atoms. The van der Waals surface area contributed by atoms with E-state index >= 15 is 0 Å². The molecule has 0 atom stereocenters. The lowest BCUT2D eigenvalue weighted by Crippen LogP contribution is -2.32. The van der Waals surface area contributed by atoms with Gasteiger partial charge in [-0.25, -0.2) is 4.79 Å². The van der Waals surface area contributed by atoms with Gasteiger partial charge in [-0.3, -0.25) is 9.88 Å². The van der Waals surface area contributed by atoms with E-state index in [0.717, 1.165) is 59.9 Å².